The molecule has 6 nitrogen and oxygen atoms in total. The van der Waals surface area contributed by atoms with Crippen LogP contribution in [0.1, 0.15) is 26.0 Å². The van der Waals surface area contributed by atoms with Crippen molar-refractivity contribution < 1.29 is 13.9 Å². The number of nitrogens with zero attached hydrogens (tertiary/aromatic N) is 2. The van der Waals surface area contributed by atoms with Crippen LogP contribution in [0.4, 0.5) is 10.2 Å². The van der Waals surface area contributed by atoms with Gasteiger partial charge in [0.25, 0.3) is 0 Å². The molecule has 0 aromatic carbocycles. The summed E-state index contributed by atoms with van der Waals surface area (Å²) in [6, 6.07) is 0. The molecule has 0 radical (unpaired) electrons. The Morgan fingerprint density at radius 2 is 2.50 bits per heavy atom. The fourth-order valence-corrected chi connectivity index (χ4v) is 2.78. The van der Waals surface area contributed by atoms with Crippen molar-refractivity contribution >= 4 is 17.6 Å². The molecule has 1 saturated heterocycles. The van der Waals surface area contributed by atoms with E-state index in [-0.39, 0.29) is 5.44 Å². The van der Waals surface area contributed by atoms with E-state index in [0.29, 0.717) is 19.0 Å². The monoisotopic (exact) mass is 303 g/mol. The zero-order valence-corrected chi connectivity index (χ0v) is 12.1. The zero-order chi connectivity index (χ0) is 14.5. The summed E-state index contributed by atoms with van der Waals surface area (Å²) in [7, 11) is 0. The van der Waals surface area contributed by atoms with Gasteiger partial charge in [-0.2, -0.15) is 4.98 Å². The van der Waals surface area contributed by atoms with Crippen molar-refractivity contribution in [2.24, 2.45) is 0 Å². The molecule has 1 aliphatic rings. The first-order chi connectivity index (χ1) is 9.61. The van der Waals surface area contributed by atoms with Crippen molar-refractivity contribution in [1.29, 1.82) is 0 Å². The van der Waals surface area contributed by atoms with Crippen molar-refractivity contribution in [2.75, 3.05) is 24.7 Å². The number of halogens is 1. The standard InChI is InChI=1S/C12H18FN3O3S/c1-2-3-4-18-6-10-19-9(7-20-10)16-5-8(13)11(14)15-12(16)17/h5,9-10H,2-4,6-7H2,1H3,(H2,14,15,17). The first-order valence-electron chi connectivity index (χ1n) is 6.50. The van der Waals surface area contributed by atoms with Crippen molar-refractivity contribution in [1.82, 2.24) is 9.55 Å². The highest BCUT2D eigenvalue weighted by Gasteiger charge is 2.28. The largest absolute Gasteiger partial charge is 0.381 e. The summed E-state index contributed by atoms with van der Waals surface area (Å²) in [5.74, 6) is -0.565. The van der Waals surface area contributed by atoms with Crippen LogP contribution in [0.15, 0.2) is 11.0 Å². The SMILES string of the molecule is CCCCOCC1OC(n2cc(F)c(N)nc2=O)CS1. The van der Waals surface area contributed by atoms with Gasteiger partial charge in [-0.1, -0.05) is 13.3 Å². The molecule has 1 aromatic heterocycles. The van der Waals surface area contributed by atoms with Gasteiger partial charge in [-0.3, -0.25) is 4.57 Å². The Labute approximate surface area is 120 Å². The molecule has 8 heteroatoms. The van der Waals surface area contributed by atoms with Crippen molar-refractivity contribution in [3.8, 4) is 0 Å². The number of hydrogen-bond donors (Lipinski definition) is 1. The third kappa shape index (κ3) is 3.71. The van der Waals surface area contributed by atoms with E-state index in [2.05, 4.69) is 11.9 Å². The molecule has 1 fully saturated rings. The quantitative estimate of drug-likeness (QED) is 0.800. The minimum atomic E-state index is -0.721. The van der Waals surface area contributed by atoms with Crippen LogP contribution in [0.3, 0.4) is 0 Å². The van der Waals surface area contributed by atoms with Crippen LogP contribution in [-0.2, 0) is 9.47 Å². The topological polar surface area (TPSA) is 79.4 Å². The van der Waals surface area contributed by atoms with Crippen molar-refractivity contribution in [2.45, 2.75) is 31.4 Å². The van der Waals surface area contributed by atoms with Crippen LogP contribution in [0.25, 0.3) is 0 Å². The van der Waals surface area contributed by atoms with E-state index in [4.69, 9.17) is 15.2 Å². The maximum atomic E-state index is 13.4. The van der Waals surface area contributed by atoms with Gasteiger partial charge in [-0.25, -0.2) is 9.18 Å². The highest BCUT2D eigenvalue weighted by molar-refractivity contribution is 8.00. The summed E-state index contributed by atoms with van der Waals surface area (Å²) >= 11 is 1.53. The van der Waals surface area contributed by atoms with Gasteiger partial charge in [0.15, 0.2) is 11.6 Å². The maximum Gasteiger partial charge on any atom is 0.351 e. The molecule has 0 saturated carbocycles. The number of nitrogen functional groups attached to an aromatic ring is 1. The van der Waals surface area contributed by atoms with Crippen molar-refractivity contribution in [3.05, 3.63) is 22.5 Å². The number of ether oxygens (including phenoxy) is 2. The second-order valence-corrected chi connectivity index (χ2v) is 5.64. The van der Waals surface area contributed by atoms with Gasteiger partial charge in [0.2, 0.25) is 0 Å². The van der Waals surface area contributed by atoms with Crippen molar-refractivity contribution in [3.63, 3.8) is 0 Å². The van der Waals surface area contributed by atoms with Gasteiger partial charge in [-0.15, -0.1) is 11.8 Å². The summed E-state index contributed by atoms with van der Waals surface area (Å²) in [6.45, 7) is 3.25. The van der Waals surface area contributed by atoms with E-state index in [1.54, 1.807) is 0 Å². The van der Waals surface area contributed by atoms with E-state index >= 15 is 0 Å². The van der Waals surface area contributed by atoms with Crippen LogP contribution in [0.5, 0.6) is 0 Å². The molecule has 1 aromatic rings. The molecule has 112 valence electrons. The minimum Gasteiger partial charge on any atom is -0.381 e. The summed E-state index contributed by atoms with van der Waals surface area (Å²) in [5.41, 5.74) is 4.49. The predicted octanol–water partition coefficient (Wildman–Crippen LogP) is 1.37. The summed E-state index contributed by atoms with van der Waals surface area (Å²) in [6.07, 6.45) is 2.59. The third-order valence-electron chi connectivity index (χ3n) is 2.87. The van der Waals surface area contributed by atoms with Crippen LogP contribution in [0.2, 0.25) is 0 Å². The molecule has 0 spiro atoms. The first kappa shape index (κ1) is 15.3. The van der Waals surface area contributed by atoms with Crippen LogP contribution < -0.4 is 11.4 Å². The molecule has 2 rings (SSSR count). The second kappa shape index (κ2) is 7.05. The normalized spacial score (nSPS) is 22.3. The molecule has 0 aliphatic carbocycles. The average Bonchev–Trinajstić information content (AvgIpc) is 2.87. The summed E-state index contributed by atoms with van der Waals surface area (Å²) in [5, 5.41) is 0. The Kier molecular flexibility index (Phi) is 5.38. The molecule has 0 amide bonds. The lowest BCUT2D eigenvalue weighted by molar-refractivity contribution is -0.0254. The fraction of sp³-hybridized carbons (Fsp3) is 0.667. The molecule has 2 heterocycles. The Bertz CT molecular complexity index is 511. The Morgan fingerprint density at radius 3 is 3.25 bits per heavy atom. The van der Waals surface area contributed by atoms with E-state index < -0.39 is 23.6 Å². The maximum absolute atomic E-state index is 13.4. The highest BCUT2D eigenvalue weighted by Crippen LogP contribution is 2.31. The molecular formula is C12H18FN3O3S. The third-order valence-corrected chi connectivity index (χ3v) is 3.97. The Hall–Kier alpha value is -1.12. The number of unbranched alkanes of at least 4 members (excludes halogenated alkanes) is 1. The molecule has 20 heavy (non-hydrogen) atoms. The van der Waals surface area contributed by atoms with Gasteiger partial charge in [0, 0.05) is 12.4 Å². The minimum absolute atomic E-state index is 0.149. The number of aromatic nitrogens is 2. The highest BCUT2D eigenvalue weighted by atomic mass is 32.2. The number of hydrogen-bond acceptors (Lipinski definition) is 6. The molecular weight excluding hydrogens is 285 g/mol. The second-order valence-electron chi connectivity index (χ2n) is 4.45. The lowest BCUT2D eigenvalue weighted by Gasteiger charge is -2.15. The number of thioether (sulfide) groups is 1. The van der Waals surface area contributed by atoms with Crippen LogP contribution >= 0.6 is 11.8 Å². The average molecular weight is 303 g/mol. The zero-order valence-electron chi connectivity index (χ0n) is 11.3. The Morgan fingerprint density at radius 1 is 1.70 bits per heavy atom. The number of rotatable bonds is 6. The van der Waals surface area contributed by atoms with Gasteiger partial charge in [0.05, 0.1) is 12.8 Å². The van der Waals surface area contributed by atoms with Crippen LogP contribution in [-0.4, -0.2) is 34.0 Å². The van der Waals surface area contributed by atoms with E-state index in [1.165, 1.54) is 11.8 Å². The first-order valence-corrected chi connectivity index (χ1v) is 7.55. The molecule has 0 bridgehead atoms. The summed E-state index contributed by atoms with van der Waals surface area (Å²) < 4.78 is 25.6. The van der Waals surface area contributed by atoms with E-state index in [9.17, 15) is 9.18 Å². The number of anilines is 1. The van der Waals surface area contributed by atoms with Gasteiger partial charge < -0.3 is 15.2 Å². The van der Waals surface area contributed by atoms with Crippen LogP contribution in [0, 0.1) is 5.82 Å². The molecule has 2 atom stereocenters. The smallest absolute Gasteiger partial charge is 0.351 e. The lowest BCUT2D eigenvalue weighted by Crippen LogP contribution is -2.30. The van der Waals surface area contributed by atoms with Gasteiger partial charge in [-0.05, 0) is 6.42 Å². The van der Waals surface area contributed by atoms with Gasteiger partial charge >= 0.3 is 5.69 Å². The summed E-state index contributed by atoms with van der Waals surface area (Å²) in [4.78, 5) is 15.1. The molecule has 2 unspecified atom stereocenters. The predicted molar refractivity (Wildman–Crippen MR) is 75.0 cm³/mol. The number of nitrogens with two attached hydrogens (primary N) is 1. The van der Waals surface area contributed by atoms with Gasteiger partial charge in [0.1, 0.15) is 11.7 Å². The lowest BCUT2D eigenvalue weighted by atomic mass is 10.4. The van der Waals surface area contributed by atoms with E-state index in [1.807, 2.05) is 0 Å². The van der Waals surface area contributed by atoms with E-state index in [0.717, 1.165) is 23.6 Å². The Balaban J connectivity index is 1.92. The molecule has 2 N–H and O–H groups in total. The fourth-order valence-electron chi connectivity index (χ4n) is 1.77. The molecule has 1 aliphatic heterocycles.